The number of hydrogen-bond donors (Lipinski definition) is 2. The van der Waals surface area contributed by atoms with E-state index in [0.29, 0.717) is 6.54 Å². The third-order valence-electron chi connectivity index (χ3n) is 2.57. The van der Waals surface area contributed by atoms with Crippen molar-refractivity contribution in [3.63, 3.8) is 0 Å². The SMILES string of the molecule is Nc1nonc1C(=O)N1CCCC1CO. The summed E-state index contributed by atoms with van der Waals surface area (Å²) in [6.45, 7) is 0.563. The van der Waals surface area contributed by atoms with E-state index in [2.05, 4.69) is 14.9 Å². The minimum Gasteiger partial charge on any atom is -0.394 e. The van der Waals surface area contributed by atoms with Crippen molar-refractivity contribution in [3.8, 4) is 0 Å². The van der Waals surface area contributed by atoms with Gasteiger partial charge in [-0.3, -0.25) is 4.79 Å². The van der Waals surface area contributed by atoms with Crippen LogP contribution >= 0.6 is 0 Å². The molecule has 1 atom stereocenters. The fourth-order valence-electron chi connectivity index (χ4n) is 1.77. The van der Waals surface area contributed by atoms with Gasteiger partial charge in [-0.15, -0.1) is 0 Å². The van der Waals surface area contributed by atoms with Gasteiger partial charge in [-0.25, -0.2) is 4.63 Å². The average Bonchev–Trinajstić information content (AvgIpc) is 2.84. The molecule has 1 saturated heterocycles. The summed E-state index contributed by atoms with van der Waals surface area (Å²) in [6.07, 6.45) is 1.68. The molecule has 7 heteroatoms. The fourth-order valence-corrected chi connectivity index (χ4v) is 1.77. The van der Waals surface area contributed by atoms with Crippen molar-refractivity contribution in [2.45, 2.75) is 18.9 Å². The molecular formula is C8H12N4O3. The van der Waals surface area contributed by atoms with E-state index in [9.17, 15) is 4.79 Å². The van der Waals surface area contributed by atoms with Crippen LogP contribution in [0.15, 0.2) is 4.63 Å². The predicted molar refractivity (Wildman–Crippen MR) is 49.9 cm³/mol. The standard InChI is InChI=1S/C8H12N4O3/c9-7-6(10-15-11-7)8(14)12-3-1-2-5(12)4-13/h5,13H,1-4H2,(H2,9,11). The van der Waals surface area contributed by atoms with Gasteiger partial charge in [0.2, 0.25) is 11.5 Å². The summed E-state index contributed by atoms with van der Waals surface area (Å²) < 4.78 is 4.36. The highest BCUT2D eigenvalue weighted by atomic mass is 16.6. The zero-order valence-corrected chi connectivity index (χ0v) is 8.09. The summed E-state index contributed by atoms with van der Waals surface area (Å²) in [5.74, 6) is -0.339. The zero-order chi connectivity index (χ0) is 10.8. The molecule has 1 amide bonds. The highest BCUT2D eigenvalue weighted by Crippen LogP contribution is 2.20. The van der Waals surface area contributed by atoms with Crippen LogP contribution in [0.2, 0.25) is 0 Å². The molecule has 1 aliphatic rings. The van der Waals surface area contributed by atoms with E-state index in [-0.39, 0.29) is 30.1 Å². The van der Waals surface area contributed by atoms with Gasteiger partial charge in [0.15, 0.2) is 0 Å². The smallest absolute Gasteiger partial charge is 0.280 e. The molecular weight excluding hydrogens is 200 g/mol. The molecule has 0 saturated carbocycles. The molecule has 1 fully saturated rings. The molecule has 15 heavy (non-hydrogen) atoms. The van der Waals surface area contributed by atoms with Crippen LogP contribution in [-0.2, 0) is 0 Å². The van der Waals surface area contributed by atoms with Crippen LogP contribution in [0.4, 0.5) is 5.82 Å². The van der Waals surface area contributed by atoms with Crippen molar-refractivity contribution in [2.75, 3.05) is 18.9 Å². The van der Waals surface area contributed by atoms with Gasteiger partial charge >= 0.3 is 0 Å². The Morgan fingerprint density at radius 3 is 3.07 bits per heavy atom. The molecule has 0 bridgehead atoms. The molecule has 2 heterocycles. The minimum atomic E-state index is -0.328. The Hall–Kier alpha value is -1.63. The molecule has 82 valence electrons. The Kier molecular flexibility index (Phi) is 2.55. The Bertz CT molecular complexity index is 365. The summed E-state index contributed by atoms with van der Waals surface area (Å²) >= 11 is 0. The molecule has 0 aliphatic carbocycles. The number of nitrogen functional groups attached to an aromatic ring is 1. The first kappa shape index (κ1) is 9.91. The number of nitrogens with zero attached hydrogens (tertiary/aromatic N) is 3. The third kappa shape index (κ3) is 1.65. The van der Waals surface area contributed by atoms with E-state index < -0.39 is 0 Å². The van der Waals surface area contributed by atoms with Gasteiger partial charge < -0.3 is 15.7 Å². The number of anilines is 1. The summed E-state index contributed by atoms with van der Waals surface area (Å²) in [7, 11) is 0. The highest BCUT2D eigenvalue weighted by Gasteiger charge is 2.31. The van der Waals surface area contributed by atoms with Crippen LogP contribution in [0.5, 0.6) is 0 Å². The number of likely N-dealkylation sites (tertiary alicyclic amines) is 1. The van der Waals surface area contributed by atoms with Gasteiger partial charge in [0.1, 0.15) is 0 Å². The lowest BCUT2D eigenvalue weighted by Gasteiger charge is -2.21. The second-order valence-corrected chi connectivity index (χ2v) is 3.48. The minimum absolute atomic E-state index is 0.0106. The summed E-state index contributed by atoms with van der Waals surface area (Å²) in [5.41, 5.74) is 5.44. The fraction of sp³-hybridized carbons (Fsp3) is 0.625. The van der Waals surface area contributed by atoms with Crippen LogP contribution in [0, 0.1) is 0 Å². The van der Waals surface area contributed by atoms with Crippen molar-refractivity contribution in [3.05, 3.63) is 5.69 Å². The maximum absolute atomic E-state index is 11.9. The van der Waals surface area contributed by atoms with E-state index in [1.807, 2.05) is 0 Å². The lowest BCUT2D eigenvalue weighted by Crippen LogP contribution is -2.38. The quantitative estimate of drug-likeness (QED) is 0.668. The highest BCUT2D eigenvalue weighted by molar-refractivity contribution is 5.96. The number of carbonyl (C=O) groups is 1. The first-order valence-corrected chi connectivity index (χ1v) is 4.74. The number of aliphatic hydroxyl groups is 1. The second-order valence-electron chi connectivity index (χ2n) is 3.48. The van der Waals surface area contributed by atoms with E-state index >= 15 is 0 Å². The number of nitrogens with two attached hydrogens (primary N) is 1. The first-order chi connectivity index (χ1) is 7.24. The Morgan fingerprint density at radius 2 is 2.47 bits per heavy atom. The molecule has 1 aliphatic heterocycles. The Morgan fingerprint density at radius 1 is 1.67 bits per heavy atom. The predicted octanol–water partition coefficient (Wildman–Crippen LogP) is -0.751. The van der Waals surface area contributed by atoms with Crippen LogP contribution < -0.4 is 5.73 Å². The third-order valence-corrected chi connectivity index (χ3v) is 2.57. The first-order valence-electron chi connectivity index (χ1n) is 4.74. The van der Waals surface area contributed by atoms with E-state index in [1.54, 1.807) is 4.90 Å². The van der Waals surface area contributed by atoms with E-state index in [0.717, 1.165) is 12.8 Å². The lowest BCUT2D eigenvalue weighted by molar-refractivity contribution is 0.0667. The van der Waals surface area contributed by atoms with Crippen molar-refractivity contribution in [1.82, 2.24) is 15.2 Å². The molecule has 1 aromatic heterocycles. The normalized spacial score (nSPS) is 20.9. The second kappa shape index (κ2) is 3.85. The van der Waals surface area contributed by atoms with E-state index in [4.69, 9.17) is 10.8 Å². The van der Waals surface area contributed by atoms with Gasteiger partial charge in [-0.2, -0.15) is 0 Å². The molecule has 3 N–H and O–H groups in total. The maximum Gasteiger partial charge on any atom is 0.280 e. The summed E-state index contributed by atoms with van der Waals surface area (Å²) in [5, 5.41) is 15.9. The van der Waals surface area contributed by atoms with Crippen molar-refractivity contribution >= 4 is 11.7 Å². The largest absolute Gasteiger partial charge is 0.394 e. The van der Waals surface area contributed by atoms with Crippen molar-refractivity contribution in [1.29, 1.82) is 0 Å². The molecule has 2 rings (SSSR count). The van der Waals surface area contributed by atoms with Crippen LogP contribution in [0.25, 0.3) is 0 Å². The zero-order valence-electron chi connectivity index (χ0n) is 8.09. The van der Waals surface area contributed by atoms with Crippen LogP contribution in [-0.4, -0.2) is 45.4 Å². The molecule has 1 aromatic rings. The van der Waals surface area contributed by atoms with Crippen LogP contribution in [0.3, 0.4) is 0 Å². The summed E-state index contributed by atoms with van der Waals surface area (Å²) in [4.78, 5) is 13.4. The van der Waals surface area contributed by atoms with Gasteiger partial charge in [-0.05, 0) is 23.2 Å². The number of aliphatic hydroxyl groups excluding tert-OH is 1. The van der Waals surface area contributed by atoms with Crippen molar-refractivity contribution in [2.24, 2.45) is 0 Å². The number of amides is 1. The molecule has 1 unspecified atom stereocenters. The van der Waals surface area contributed by atoms with Gasteiger partial charge in [0.05, 0.1) is 12.6 Å². The Labute approximate surface area is 85.8 Å². The van der Waals surface area contributed by atoms with Crippen LogP contribution in [0.1, 0.15) is 23.3 Å². The van der Waals surface area contributed by atoms with Gasteiger partial charge in [0, 0.05) is 6.54 Å². The molecule has 0 aromatic carbocycles. The van der Waals surface area contributed by atoms with Gasteiger partial charge in [-0.1, -0.05) is 0 Å². The average molecular weight is 212 g/mol. The number of carbonyl (C=O) groups excluding carboxylic acids is 1. The topological polar surface area (TPSA) is 105 Å². The Balaban J connectivity index is 2.18. The lowest BCUT2D eigenvalue weighted by atomic mass is 10.2. The number of aromatic nitrogens is 2. The number of rotatable bonds is 2. The maximum atomic E-state index is 11.9. The number of hydrogen-bond acceptors (Lipinski definition) is 6. The van der Waals surface area contributed by atoms with Gasteiger partial charge in [0.25, 0.3) is 5.91 Å². The summed E-state index contributed by atoms with van der Waals surface area (Å²) in [6, 6.07) is -0.145. The molecule has 0 radical (unpaired) electrons. The molecule has 0 spiro atoms. The monoisotopic (exact) mass is 212 g/mol. The van der Waals surface area contributed by atoms with Crippen molar-refractivity contribution < 1.29 is 14.5 Å². The molecule has 7 nitrogen and oxygen atoms in total. The van der Waals surface area contributed by atoms with E-state index in [1.165, 1.54) is 0 Å².